The minimum absolute atomic E-state index is 0.227. The van der Waals surface area contributed by atoms with Crippen molar-refractivity contribution in [1.82, 2.24) is 0 Å². The van der Waals surface area contributed by atoms with Crippen LogP contribution in [0.1, 0.15) is 16.0 Å². The Bertz CT molecular complexity index is 569. The largest absolute Gasteiger partial charge is 0.496 e. The lowest BCUT2D eigenvalue weighted by atomic mass is 10.0. The van der Waals surface area contributed by atoms with Gasteiger partial charge in [0, 0.05) is 19.3 Å². The second-order valence-corrected chi connectivity index (χ2v) is 7.12. The van der Waals surface area contributed by atoms with Crippen molar-refractivity contribution in [1.29, 1.82) is 0 Å². The molecule has 4 heteroatoms. The first kappa shape index (κ1) is 15.1. The lowest BCUT2D eigenvalue weighted by Crippen LogP contribution is -1.99. The van der Waals surface area contributed by atoms with E-state index in [1.807, 2.05) is 18.2 Å². The zero-order valence-corrected chi connectivity index (χ0v) is 15.1. The Morgan fingerprint density at radius 3 is 2.47 bits per heavy atom. The monoisotopic (exact) mass is 446 g/mol. The highest BCUT2D eigenvalue weighted by Crippen LogP contribution is 2.35. The van der Waals surface area contributed by atoms with E-state index in [1.165, 1.54) is 5.56 Å². The molecule has 1 unspecified atom stereocenters. The standard InChI is InChI=1S/C15H13Br3O/c1-19-15-9-12(17)5-6-13(15)14(18)8-10-3-2-4-11(16)7-10/h2-7,9,14H,8H2,1H3. The lowest BCUT2D eigenvalue weighted by molar-refractivity contribution is 0.409. The summed E-state index contributed by atoms with van der Waals surface area (Å²) < 4.78 is 7.57. The quantitative estimate of drug-likeness (QED) is 0.529. The van der Waals surface area contributed by atoms with E-state index in [0.717, 1.165) is 26.7 Å². The third kappa shape index (κ3) is 4.07. The van der Waals surface area contributed by atoms with Gasteiger partial charge in [-0.05, 0) is 36.2 Å². The van der Waals surface area contributed by atoms with Crippen molar-refractivity contribution in [3.63, 3.8) is 0 Å². The molecule has 0 aliphatic rings. The van der Waals surface area contributed by atoms with Crippen LogP contribution in [0.2, 0.25) is 0 Å². The maximum Gasteiger partial charge on any atom is 0.124 e. The topological polar surface area (TPSA) is 9.23 Å². The van der Waals surface area contributed by atoms with E-state index in [0.29, 0.717) is 0 Å². The van der Waals surface area contributed by atoms with Gasteiger partial charge in [0.15, 0.2) is 0 Å². The van der Waals surface area contributed by atoms with E-state index >= 15 is 0 Å². The predicted octanol–water partition coefficient (Wildman–Crippen LogP) is 5.90. The van der Waals surface area contributed by atoms with Gasteiger partial charge in [-0.15, -0.1) is 0 Å². The molecule has 0 spiro atoms. The highest BCUT2D eigenvalue weighted by Gasteiger charge is 2.14. The molecule has 0 saturated carbocycles. The first-order chi connectivity index (χ1) is 9.10. The molecule has 0 N–H and O–H groups in total. The second kappa shape index (κ2) is 6.91. The fourth-order valence-corrected chi connectivity index (χ4v) is 3.46. The van der Waals surface area contributed by atoms with Gasteiger partial charge in [0.1, 0.15) is 5.75 Å². The summed E-state index contributed by atoms with van der Waals surface area (Å²) in [5.41, 5.74) is 2.44. The molecule has 0 aromatic heterocycles. The minimum atomic E-state index is 0.227. The molecule has 0 saturated heterocycles. The maximum absolute atomic E-state index is 5.44. The Hall–Kier alpha value is -0.320. The van der Waals surface area contributed by atoms with Gasteiger partial charge < -0.3 is 4.74 Å². The van der Waals surface area contributed by atoms with Crippen LogP contribution < -0.4 is 4.74 Å². The molecule has 1 nitrogen and oxygen atoms in total. The number of halogens is 3. The summed E-state index contributed by atoms with van der Waals surface area (Å²) in [5.74, 6) is 0.895. The van der Waals surface area contributed by atoms with Crippen LogP contribution in [0.25, 0.3) is 0 Å². The molecular formula is C15H13Br3O. The Morgan fingerprint density at radius 1 is 1.05 bits per heavy atom. The summed E-state index contributed by atoms with van der Waals surface area (Å²) in [4.78, 5) is 0.227. The minimum Gasteiger partial charge on any atom is -0.496 e. The normalized spacial score (nSPS) is 12.2. The number of hydrogen-bond donors (Lipinski definition) is 0. The fraction of sp³-hybridized carbons (Fsp3) is 0.200. The zero-order chi connectivity index (χ0) is 13.8. The molecule has 0 radical (unpaired) electrons. The molecule has 0 aliphatic carbocycles. The van der Waals surface area contributed by atoms with Crippen molar-refractivity contribution >= 4 is 47.8 Å². The maximum atomic E-state index is 5.44. The number of hydrogen-bond acceptors (Lipinski definition) is 1. The van der Waals surface area contributed by atoms with Gasteiger partial charge >= 0.3 is 0 Å². The molecule has 1 atom stereocenters. The van der Waals surface area contributed by atoms with E-state index < -0.39 is 0 Å². The molecule has 0 aliphatic heterocycles. The summed E-state index contributed by atoms with van der Waals surface area (Å²) in [7, 11) is 1.70. The Morgan fingerprint density at radius 2 is 1.79 bits per heavy atom. The first-order valence-corrected chi connectivity index (χ1v) is 8.32. The van der Waals surface area contributed by atoms with Crippen LogP contribution in [0.3, 0.4) is 0 Å². The van der Waals surface area contributed by atoms with Crippen molar-refractivity contribution in [3.8, 4) is 5.75 Å². The average Bonchev–Trinajstić information content (AvgIpc) is 2.38. The van der Waals surface area contributed by atoms with Crippen LogP contribution in [0, 0.1) is 0 Å². The van der Waals surface area contributed by atoms with Crippen LogP contribution in [0.5, 0.6) is 5.75 Å². The summed E-state index contributed by atoms with van der Waals surface area (Å²) in [6.07, 6.45) is 0.914. The van der Waals surface area contributed by atoms with Gasteiger partial charge in [0.2, 0.25) is 0 Å². The molecule has 2 rings (SSSR count). The second-order valence-electron chi connectivity index (χ2n) is 4.19. The molecule has 0 heterocycles. The summed E-state index contributed by atoms with van der Waals surface area (Å²) >= 11 is 10.7. The first-order valence-electron chi connectivity index (χ1n) is 5.82. The molecule has 0 amide bonds. The van der Waals surface area contributed by atoms with Crippen LogP contribution >= 0.6 is 47.8 Å². The van der Waals surface area contributed by atoms with Crippen LogP contribution in [0.4, 0.5) is 0 Å². The van der Waals surface area contributed by atoms with Crippen LogP contribution in [-0.2, 0) is 6.42 Å². The molecule has 0 bridgehead atoms. The van der Waals surface area contributed by atoms with Crippen LogP contribution in [-0.4, -0.2) is 7.11 Å². The van der Waals surface area contributed by atoms with E-state index in [-0.39, 0.29) is 4.83 Å². The number of alkyl halides is 1. The van der Waals surface area contributed by atoms with E-state index in [4.69, 9.17) is 4.74 Å². The zero-order valence-electron chi connectivity index (χ0n) is 10.4. The van der Waals surface area contributed by atoms with Gasteiger partial charge in [0.05, 0.1) is 7.11 Å². The Labute approximate surface area is 138 Å². The third-order valence-corrected chi connectivity index (χ3v) is 4.64. The van der Waals surface area contributed by atoms with Gasteiger partial charge in [-0.2, -0.15) is 0 Å². The average molecular weight is 449 g/mol. The lowest BCUT2D eigenvalue weighted by Gasteiger charge is -2.15. The van der Waals surface area contributed by atoms with Gasteiger partial charge in [-0.25, -0.2) is 0 Å². The highest BCUT2D eigenvalue weighted by atomic mass is 79.9. The van der Waals surface area contributed by atoms with Crippen LogP contribution in [0.15, 0.2) is 51.4 Å². The SMILES string of the molecule is COc1cc(Br)ccc1C(Br)Cc1cccc(Br)c1. The Kier molecular flexibility index (Phi) is 5.48. The van der Waals surface area contributed by atoms with Gasteiger partial charge in [-0.1, -0.05) is 66.0 Å². The van der Waals surface area contributed by atoms with E-state index in [9.17, 15) is 0 Å². The number of benzene rings is 2. The molecule has 0 fully saturated rings. The smallest absolute Gasteiger partial charge is 0.124 e. The molecule has 100 valence electrons. The number of ether oxygens (including phenoxy) is 1. The van der Waals surface area contributed by atoms with Crippen molar-refractivity contribution in [2.24, 2.45) is 0 Å². The van der Waals surface area contributed by atoms with Crippen molar-refractivity contribution < 1.29 is 4.74 Å². The predicted molar refractivity (Wildman–Crippen MR) is 90.2 cm³/mol. The number of rotatable bonds is 4. The summed E-state index contributed by atoms with van der Waals surface area (Å²) in [6, 6.07) is 14.5. The molecule has 2 aromatic rings. The molecule has 19 heavy (non-hydrogen) atoms. The molecular weight excluding hydrogens is 436 g/mol. The fourth-order valence-electron chi connectivity index (χ4n) is 1.92. The summed E-state index contributed by atoms with van der Waals surface area (Å²) in [5, 5.41) is 0. The highest BCUT2D eigenvalue weighted by molar-refractivity contribution is 9.10. The summed E-state index contributed by atoms with van der Waals surface area (Å²) in [6.45, 7) is 0. The van der Waals surface area contributed by atoms with E-state index in [1.54, 1.807) is 7.11 Å². The van der Waals surface area contributed by atoms with Gasteiger partial charge in [0.25, 0.3) is 0 Å². The third-order valence-electron chi connectivity index (χ3n) is 2.84. The van der Waals surface area contributed by atoms with Crippen molar-refractivity contribution in [3.05, 3.63) is 62.5 Å². The number of methoxy groups -OCH3 is 1. The van der Waals surface area contributed by atoms with Gasteiger partial charge in [-0.3, -0.25) is 0 Å². The molecule has 2 aromatic carbocycles. The Balaban J connectivity index is 2.22. The van der Waals surface area contributed by atoms with E-state index in [2.05, 4.69) is 72.1 Å². The van der Waals surface area contributed by atoms with Crippen molar-refractivity contribution in [2.45, 2.75) is 11.2 Å². The van der Waals surface area contributed by atoms with Crippen molar-refractivity contribution in [2.75, 3.05) is 7.11 Å².